The second-order valence-corrected chi connectivity index (χ2v) is 23.2. The van der Waals surface area contributed by atoms with Gasteiger partial charge in [0.05, 0.1) is 0 Å². The molecule has 0 aliphatic heterocycles. The molecule has 0 aromatic heterocycles. The average molecular weight is 760 g/mol. The molecule has 0 nitrogen and oxygen atoms in total. The average Bonchev–Trinajstić information content (AvgIpc) is 2.96. The molecule has 0 heterocycles. The van der Waals surface area contributed by atoms with E-state index in [2.05, 4.69) is 22.6 Å². The SMILES string of the molecule is C[Si](Cl)(Cl)CCCCCCCCCCCCCCCCCCCCCCCCCCCCCCCCCCCCCI. The standard InChI is InChI=1S/C38H77Cl2ISi/c1-42(39,40)38-36-34-32-30-28-26-24-22-20-18-16-14-12-10-8-6-4-2-3-5-7-9-11-13-15-17-19-21-23-25-27-29-31-33-35-37-41/h2-38H2,1H3. The molecule has 0 rings (SSSR count). The lowest BCUT2D eigenvalue weighted by Gasteiger charge is -2.09. The number of alkyl halides is 1. The smallest absolute Gasteiger partial charge is 0.146 e. The summed E-state index contributed by atoms with van der Waals surface area (Å²) in [7, 11) is 0. The summed E-state index contributed by atoms with van der Waals surface area (Å²) in [5, 5.41) is 0. The van der Waals surface area contributed by atoms with Gasteiger partial charge in [0.15, 0.2) is 0 Å². The van der Waals surface area contributed by atoms with Crippen molar-refractivity contribution in [3.63, 3.8) is 0 Å². The van der Waals surface area contributed by atoms with Gasteiger partial charge in [0.2, 0.25) is 6.69 Å². The van der Waals surface area contributed by atoms with Crippen molar-refractivity contribution < 1.29 is 0 Å². The van der Waals surface area contributed by atoms with Crippen LogP contribution in [0, 0.1) is 0 Å². The summed E-state index contributed by atoms with van der Waals surface area (Å²) in [6.07, 6.45) is 51.1. The topological polar surface area (TPSA) is 0 Å². The maximum absolute atomic E-state index is 6.17. The number of rotatable bonds is 37. The van der Waals surface area contributed by atoms with Crippen LogP contribution < -0.4 is 0 Å². The van der Waals surface area contributed by atoms with Gasteiger partial charge in [0.25, 0.3) is 0 Å². The van der Waals surface area contributed by atoms with Crippen LogP contribution in [0.4, 0.5) is 0 Å². The Bertz CT molecular complexity index is 482. The molecule has 0 amide bonds. The van der Waals surface area contributed by atoms with Gasteiger partial charge in [-0.3, -0.25) is 0 Å². The summed E-state index contributed by atoms with van der Waals surface area (Å²) in [4.78, 5) is 0. The van der Waals surface area contributed by atoms with Crippen LogP contribution in [0.2, 0.25) is 12.6 Å². The van der Waals surface area contributed by atoms with Crippen LogP contribution in [0.3, 0.4) is 0 Å². The Morgan fingerprint density at radius 1 is 0.286 bits per heavy atom. The van der Waals surface area contributed by atoms with Gasteiger partial charge in [-0.15, -0.1) is 22.2 Å². The molecule has 0 spiro atoms. The van der Waals surface area contributed by atoms with Gasteiger partial charge in [-0.05, 0) is 23.4 Å². The fourth-order valence-corrected chi connectivity index (χ4v) is 8.58. The summed E-state index contributed by atoms with van der Waals surface area (Å²) in [6, 6.07) is 1.07. The second-order valence-electron chi connectivity index (χ2n) is 13.9. The Morgan fingerprint density at radius 3 is 0.571 bits per heavy atom. The molecule has 254 valence electrons. The molecule has 0 fully saturated rings. The van der Waals surface area contributed by atoms with Crippen LogP contribution in [0.1, 0.15) is 225 Å². The third-order valence-corrected chi connectivity index (χ3v) is 12.4. The highest BCUT2D eigenvalue weighted by molar-refractivity contribution is 14.1. The molecule has 0 aromatic rings. The zero-order valence-electron chi connectivity index (χ0n) is 28.8. The van der Waals surface area contributed by atoms with Gasteiger partial charge in [0, 0.05) is 0 Å². The zero-order valence-corrected chi connectivity index (χ0v) is 33.5. The molecular weight excluding hydrogens is 682 g/mol. The molecule has 0 saturated heterocycles. The van der Waals surface area contributed by atoms with Crippen molar-refractivity contribution in [1.29, 1.82) is 0 Å². The first-order chi connectivity index (χ1) is 20.6. The quantitative estimate of drug-likeness (QED) is 0.0195. The predicted octanol–water partition coefficient (Wildman–Crippen LogP) is 16.6. The third kappa shape index (κ3) is 41.5. The van der Waals surface area contributed by atoms with Crippen molar-refractivity contribution in [2.75, 3.05) is 4.43 Å². The van der Waals surface area contributed by atoms with E-state index in [9.17, 15) is 0 Å². The largest absolute Gasteiger partial charge is 0.248 e. The van der Waals surface area contributed by atoms with Crippen molar-refractivity contribution in [2.24, 2.45) is 0 Å². The Morgan fingerprint density at radius 2 is 0.429 bits per heavy atom. The van der Waals surface area contributed by atoms with Gasteiger partial charge in [-0.25, -0.2) is 0 Å². The highest BCUT2D eigenvalue weighted by Gasteiger charge is 2.19. The van der Waals surface area contributed by atoms with Crippen LogP contribution >= 0.6 is 44.7 Å². The molecule has 0 atom stereocenters. The van der Waals surface area contributed by atoms with Crippen molar-refractivity contribution in [2.45, 2.75) is 237 Å². The van der Waals surface area contributed by atoms with E-state index in [1.807, 2.05) is 6.55 Å². The van der Waals surface area contributed by atoms with Crippen LogP contribution in [0.15, 0.2) is 0 Å². The molecule has 4 heteroatoms. The molecule has 0 unspecified atom stereocenters. The number of hydrogen-bond acceptors (Lipinski definition) is 0. The normalized spacial score (nSPS) is 12.0. The van der Waals surface area contributed by atoms with Gasteiger partial charge in [0.1, 0.15) is 0 Å². The molecular formula is C38H77Cl2ISi. The highest BCUT2D eigenvalue weighted by atomic mass is 127. The van der Waals surface area contributed by atoms with E-state index in [0.717, 1.165) is 6.04 Å². The van der Waals surface area contributed by atoms with Gasteiger partial charge < -0.3 is 0 Å². The molecule has 0 radical (unpaired) electrons. The summed E-state index contributed by atoms with van der Waals surface area (Å²) in [5.74, 6) is 0. The van der Waals surface area contributed by atoms with Crippen LogP contribution in [0.5, 0.6) is 0 Å². The fourth-order valence-electron chi connectivity index (χ4n) is 6.36. The minimum absolute atomic E-state index is 1.07. The Kier molecular flexibility index (Phi) is 38.3. The first kappa shape index (κ1) is 43.5. The molecule has 0 bridgehead atoms. The van der Waals surface area contributed by atoms with Crippen LogP contribution in [-0.2, 0) is 0 Å². The summed E-state index contributed by atoms with van der Waals surface area (Å²) in [6.45, 7) is 0.202. The van der Waals surface area contributed by atoms with Crippen LogP contribution in [0.25, 0.3) is 0 Å². The predicted molar refractivity (Wildman–Crippen MR) is 209 cm³/mol. The molecule has 0 aliphatic carbocycles. The maximum Gasteiger partial charge on any atom is 0.248 e. The Balaban J connectivity index is 3.04. The van der Waals surface area contributed by atoms with Crippen molar-refractivity contribution in [3.8, 4) is 0 Å². The van der Waals surface area contributed by atoms with Crippen molar-refractivity contribution >= 4 is 51.4 Å². The lowest BCUT2D eigenvalue weighted by molar-refractivity contribution is 0.511. The Hall–Kier alpha value is 1.53. The number of halogens is 3. The van der Waals surface area contributed by atoms with Gasteiger partial charge in [-0.1, -0.05) is 241 Å². The van der Waals surface area contributed by atoms with Crippen molar-refractivity contribution in [1.82, 2.24) is 0 Å². The first-order valence-corrected chi connectivity index (χ1v) is 25.8. The summed E-state index contributed by atoms with van der Waals surface area (Å²) in [5.41, 5.74) is 0. The van der Waals surface area contributed by atoms with Crippen LogP contribution in [-0.4, -0.2) is 11.1 Å². The summed E-state index contributed by atoms with van der Waals surface area (Å²) < 4.78 is 1.34. The van der Waals surface area contributed by atoms with E-state index < -0.39 is 6.69 Å². The monoisotopic (exact) mass is 758 g/mol. The second kappa shape index (κ2) is 37.0. The number of unbranched alkanes of at least 4 members (excludes halogenated alkanes) is 34. The first-order valence-electron chi connectivity index (χ1n) is 19.5. The van der Waals surface area contributed by atoms with E-state index in [-0.39, 0.29) is 0 Å². The zero-order chi connectivity index (χ0) is 30.7. The van der Waals surface area contributed by atoms with E-state index in [1.54, 1.807) is 0 Å². The van der Waals surface area contributed by atoms with E-state index >= 15 is 0 Å². The maximum atomic E-state index is 6.17. The third-order valence-electron chi connectivity index (χ3n) is 9.25. The van der Waals surface area contributed by atoms with E-state index in [1.165, 1.54) is 229 Å². The van der Waals surface area contributed by atoms with Crippen molar-refractivity contribution in [3.05, 3.63) is 0 Å². The molecule has 0 N–H and O–H groups in total. The Labute approximate surface area is 291 Å². The minimum Gasteiger partial charge on any atom is -0.146 e. The van der Waals surface area contributed by atoms with Gasteiger partial charge in [-0.2, -0.15) is 0 Å². The lowest BCUT2D eigenvalue weighted by atomic mass is 10.0. The van der Waals surface area contributed by atoms with E-state index in [0.29, 0.717) is 0 Å². The molecule has 42 heavy (non-hydrogen) atoms. The number of hydrogen-bond donors (Lipinski definition) is 0. The highest BCUT2D eigenvalue weighted by Crippen LogP contribution is 2.23. The molecule has 0 aromatic carbocycles. The molecule has 0 aliphatic rings. The summed E-state index contributed by atoms with van der Waals surface area (Å²) >= 11 is 14.8. The molecule has 0 saturated carbocycles. The minimum atomic E-state index is -1.84. The van der Waals surface area contributed by atoms with Gasteiger partial charge >= 0.3 is 0 Å². The lowest BCUT2D eigenvalue weighted by Crippen LogP contribution is -2.11. The fraction of sp³-hybridized carbons (Fsp3) is 1.00. The van der Waals surface area contributed by atoms with E-state index in [4.69, 9.17) is 22.2 Å².